The number of imide groups is 1. The van der Waals surface area contributed by atoms with E-state index in [9.17, 15) is 33.3 Å². The highest BCUT2D eigenvalue weighted by Gasteiger charge is 2.41. The maximum absolute atomic E-state index is 13.3. The summed E-state index contributed by atoms with van der Waals surface area (Å²) in [6.07, 6.45) is 0. The van der Waals surface area contributed by atoms with Crippen molar-refractivity contribution in [3.8, 4) is 0 Å². The van der Waals surface area contributed by atoms with Crippen LogP contribution in [0.1, 0.15) is 20.7 Å². The van der Waals surface area contributed by atoms with Crippen molar-refractivity contribution in [1.29, 1.82) is 0 Å². The number of nitrogens with zero attached hydrogens (tertiary/aromatic N) is 3. The van der Waals surface area contributed by atoms with Gasteiger partial charge in [0.25, 0.3) is 17.5 Å². The first kappa shape index (κ1) is 18.6. The Morgan fingerprint density at radius 1 is 1.21 bits per heavy atom. The van der Waals surface area contributed by atoms with Crippen LogP contribution in [0.15, 0.2) is 30.3 Å². The Kier molecular flexibility index (Phi) is 4.27. The first-order valence-corrected chi connectivity index (χ1v) is 8.77. The predicted molar refractivity (Wildman–Crippen MR) is 96.6 cm³/mol. The number of carbonyl (C=O) groups excluding carboxylic acids is 3. The molecule has 0 radical (unpaired) electrons. The molecule has 4 rings (SSSR count). The number of carbonyl (C=O) groups is 3. The third-order valence-electron chi connectivity index (χ3n) is 4.15. The molecule has 1 aliphatic heterocycles. The van der Waals surface area contributed by atoms with Crippen molar-refractivity contribution in [2.24, 2.45) is 0 Å². The molecule has 0 spiro atoms. The maximum atomic E-state index is 13.3. The van der Waals surface area contributed by atoms with Crippen molar-refractivity contribution >= 4 is 50.1 Å². The SMILES string of the molecule is O=C(CN1C(=O)c2cccc([N+](=O)[O-])c2C1=O)Nc1nc2cc(F)c(F)cc2s1. The third kappa shape index (κ3) is 3.08. The monoisotopic (exact) mass is 418 g/mol. The second-order valence-corrected chi connectivity index (χ2v) is 6.99. The van der Waals surface area contributed by atoms with E-state index in [4.69, 9.17) is 0 Å². The molecule has 0 unspecified atom stereocenters. The number of nitro benzene ring substituents is 1. The van der Waals surface area contributed by atoms with E-state index in [0.717, 1.165) is 29.5 Å². The fraction of sp³-hybridized carbons (Fsp3) is 0.0588. The molecule has 1 N–H and O–H groups in total. The number of halogens is 2. The zero-order valence-electron chi connectivity index (χ0n) is 14.1. The van der Waals surface area contributed by atoms with Gasteiger partial charge < -0.3 is 5.32 Å². The van der Waals surface area contributed by atoms with Gasteiger partial charge in [0.05, 0.1) is 20.7 Å². The van der Waals surface area contributed by atoms with Crippen LogP contribution in [-0.4, -0.2) is 39.1 Å². The van der Waals surface area contributed by atoms with Gasteiger partial charge in [-0.25, -0.2) is 13.8 Å². The molecule has 0 saturated heterocycles. The van der Waals surface area contributed by atoms with E-state index in [1.165, 1.54) is 12.1 Å². The highest BCUT2D eigenvalue weighted by Crippen LogP contribution is 2.31. The summed E-state index contributed by atoms with van der Waals surface area (Å²) in [5, 5.41) is 13.5. The molecule has 0 bridgehead atoms. The number of fused-ring (bicyclic) bond motifs is 2. The van der Waals surface area contributed by atoms with E-state index in [2.05, 4.69) is 10.3 Å². The van der Waals surface area contributed by atoms with Crippen LogP contribution >= 0.6 is 11.3 Å². The first-order chi connectivity index (χ1) is 13.8. The number of hydrogen-bond donors (Lipinski definition) is 1. The minimum absolute atomic E-state index is 0.0117. The molecule has 3 amide bonds. The van der Waals surface area contributed by atoms with Gasteiger partial charge in [0, 0.05) is 12.1 Å². The normalized spacial score (nSPS) is 13.1. The molecule has 9 nitrogen and oxygen atoms in total. The van der Waals surface area contributed by atoms with Crippen LogP contribution in [-0.2, 0) is 4.79 Å². The van der Waals surface area contributed by atoms with E-state index in [1.54, 1.807) is 0 Å². The lowest BCUT2D eigenvalue weighted by Gasteiger charge is -2.12. The van der Waals surface area contributed by atoms with Crippen LogP contribution in [0.5, 0.6) is 0 Å². The minimum Gasteiger partial charge on any atom is -0.300 e. The lowest BCUT2D eigenvalue weighted by molar-refractivity contribution is -0.385. The van der Waals surface area contributed by atoms with Gasteiger partial charge in [0.2, 0.25) is 5.91 Å². The Hall–Kier alpha value is -3.80. The Labute approximate surface area is 163 Å². The van der Waals surface area contributed by atoms with Gasteiger partial charge in [-0.1, -0.05) is 17.4 Å². The highest BCUT2D eigenvalue weighted by atomic mass is 32.1. The minimum atomic E-state index is -1.09. The van der Waals surface area contributed by atoms with E-state index in [-0.39, 0.29) is 26.5 Å². The van der Waals surface area contributed by atoms with Gasteiger partial charge in [0.15, 0.2) is 16.8 Å². The van der Waals surface area contributed by atoms with Gasteiger partial charge in [-0.15, -0.1) is 0 Å². The number of nitrogens with one attached hydrogen (secondary N) is 1. The zero-order valence-corrected chi connectivity index (χ0v) is 15.0. The van der Waals surface area contributed by atoms with Crippen LogP contribution in [0, 0.1) is 21.7 Å². The molecule has 146 valence electrons. The van der Waals surface area contributed by atoms with Crippen LogP contribution in [0.3, 0.4) is 0 Å². The Balaban J connectivity index is 1.55. The Bertz CT molecular complexity index is 1200. The summed E-state index contributed by atoms with van der Waals surface area (Å²) in [5.74, 6) is -4.75. The van der Waals surface area contributed by atoms with Crippen LogP contribution < -0.4 is 5.32 Å². The van der Waals surface area contributed by atoms with Gasteiger partial charge in [-0.05, 0) is 12.1 Å². The second kappa shape index (κ2) is 6.67. The molecule has 3 aromatic rings. The molecular formula is C17H8F2N4O5S. The lowest BCUT2D eigenvalue weighted by Crippen LogP contribution is -2.37. The van der Waals surface area contributed by atoms with Gasteiger partial charge in [-0.2, -0.15) is 0 Å². The maximum Gasteiger partial charge on any atom is 0.282 e. The smallest absolute Gasteiger partial charge is 0.282 e. The Morgan fingerprint density at radius 3 is 2.66 bits per heavy atom. The molecule has 0 saturated carbocycles. The number of amides is 3. The highest BCUT2D eigenvalue weighted by molar-refractivity contribution is 7.22. The summed E-state index contributed by atoms with van der Waals surface area (Å²) in [5.41, 5.74) is -0.941. The average Bonchev–Trinajstić information content (AvgIpc) is 3.15. The average molecular weight is 418 g/mol. The fourth-order valence-corrected chi connectivity index (χ4v) is 3.78. The van der Waals surface area contributed by atoms with E-state index in [1.807, 2.05) is 0 Å². The summed E-state index contributed by atoms with van der Waals surface area (Å²) < 4.78 is 26.8. The predicted octanol–water partition coefficient (Wildman–Crippen LogP) is 2.72. The van der Waals surface area contributed by atoms with E-state index in [0.29, 0.717) is 4.90 Å². The summed E-state index contributed by atoms with van der Waals surface area (Å²) in [6, 6.07) is 5.43. The molecular weight excluding hydrogens is 410 g/mol. The number of rotatable bonds is 4. The molecule has 12 heteroatoms. The van der Waals surface area contributed by atoms with E-state index >= 15 is 0 Å². The van der Waals surface area contributed by atoms with E-state index < -0.39 is 46.5 Å². The van der Waals surface area contributed by atoms with Crippen molar-refractivity contribution in [2.75, 3.05) is 11.9 Å². The molecule has 2 aromatic carbocycles. The number of nitro groups is 1. The summed E-state index contributed by atoms with van der Waals surface area (Å²) >= 11 is 0.874. The molecule has 2 heterocycles. The van der Waals surface area contributed by atoms with Gasteiger partial charge in [0.1, 0.15) is 12.1 Å². The second-order valence-electron chi connectivity index (χ2n) is 5.95. The zero-order chi connectivity index (χ0) is 20.9. The molecule has 0 atom stereocenters. The molecule has 29 heavy (non-hydrogen) atoms. The van der Waals surface area contributed by atoms with Gasteiger partial charge >= 0.3 is 0 Å². The number of hydrogen-bond acceptors (Lipinski definition) is 7. The number of anilines is 1. The third-order valence-corrected chi connectivity index (χ3v) is 5.09. The van der Waals surface area contributed by atoms with Crippen LogP contribution in [0.4, 0.5) is 19.6 Å². The first-order valence-electron chi connectivity index (χ1n) is 7.95. The fourth-order valence-electron chi connectivity index (χ4n) is 2.89. The number of benzene rings is 2. The lowest BCUT2D eigenvalue weighted by atomic mass is 10.1. The summed E-state index contributed by atoms with van der Waals surface area (Å²) in [6.45, 7) is -0.706. The molecule has 0 aliphatic carbocycles. The van der Waals surface area contributed by atoms with Crippen molar-refractivity contribution in [1.82, 2.24) is 9.88 Å². The van der Waals surface area contributed by atoms with Gasteiger partial charge in [-0.3, -0.25) is 29.4 Å². The summed E-state index contributed by atoms with van der Waals surface area (Å²) in [7, 11) is 0. The van der Waals surface area contributed by atoms with Crippen molar-refractivity contribution < 1.29 is 28.1 Å². The Morgan fingerprint density at radius 2 is 1.93 bits per heavy atom. The van der Waals surface area contributed by atoms with Crippen molar-refractivity contribution in [2.45, 2.75) is 0 Å². The largest absolute Gasteiger partial charge is 0.300 e. The number of aromatic nitrogens is 1. The van der Waals surface area contributed by atoms with Crippen molar-refractivity contribution in [3.63, 3.8) is 0 Å². The van der Waals surface area contributed by atoms with Crippen molar-refractivity contribution in [3.05, 3.63) is 63.2 Å². The topological polar surface area (TPSA) is 123 Å². The molecule has 1 aliphatic rings. The molecule has 1 aromatic heterocycles. The standard InChI is InChI=1S/C17H8F2N4O5S/c18-8-4-10-12(5-9(8)19)29-17(20-10)21-13(24)6-22-15(25)7-2-1-3-11(23(27)28)14(7)16(22)26/h1-5H,6H2,(H,20,21,24). The quantitative estimate of drug-likeness (QED) is 0.395. The van der Waals surface area contributed by atoms with Crippen LogP contribution in [0.25, 0.3) is 10.2 Å². The molecule has 0 fully saturated rings. The summed E-state index contributed by atoms with van der Waals surface area (Å²) in [4.78, 5) is 52.0. The number of thiazole rings is 1. The van der Waals surface area contributed by atoms with Crippen LogP contribution in [0.2, 0.25) is 0 Å².